The maximum atomic E-state index is 6.37. The molecule has 1 aromatic carbocycles. The summed E-state index contributed by atoms with van der Waals surface area (Å²) in [5, 5.41) is 3.27. The molecule has 1 saturated heterocycles. The lowest BCUT2D eigenvalue weighted by molar-refractivity contribution is 0.171. The summed E-state index contributed by atoms with van der Waals surface area (Å²) in [4.78, 5) is 13.4. The molecule has 8 nitrogen and oxygen atoms in total. The van der Waals surface area contributed by atoms with Crippen molar-refractivity contribution in [3.05, 3.63) is 24.5 Å². The van der Waals surface area contributed by atoms with Crippen LogP contribution in [0.5, 0.6) is 11.5 Å². The molecule has 0 amide bonds. The fourth-order valence-corrected chi connectivity index (χ4v) is 3.27. The predicted octanol–water partition coefficient (Wildman–Crippen LogP) is 1.72. The van der Waals surface area contributed by atoms with Crippen molar-refractivity contribution in [1.29, 1.82) is 0 Å². The minimum Gasteiger partial charge on any atom is -0.486 e. The number of hydrogen-bond acceptors (Lipinski definition) is 8. The summed E-state index contributed by atoms with van der Waals surface area (Å²) in [6.07, 6.45) is 1.55. The quantitative estimate of drug-likeness (QED) is 0.856. The monoisotopic (exact) mass is 356 g/mol. The maximum absolute atomic E-state index is 6.37. The highest BCUT2D eigenvalue weighted by Crippen LogP contribution is 2.35. The zero-order valence-electron chi connectivity index (χ0n) is 14.9. The summed E-state index contributed by atoms with van der Waals surface area (Å²) in [5.74, 6) is 2.87. The van der Waals surface area contributed by atoms with Crippen LogP contribution < -0.4 is 25.4 Å². The van der Waals surface area contributed by atoms with Gasteiger partial charge in [-0.3, -0.25) is 0 Å². The third kappa shape index (κ3) is 3.32. The number of likely N-dealkylation sites (N-methyl/N-ethyl adjacent to an activating group) is 1. The standard InChI is InChI=1S/C18H24N6O2/c1-2-23-5-7-24(8-6-23)18-16(19)17(20-12-21-18)22-13-3-4-14-15(11-13)26-10-9-25-14/h3-4,11-12H,2,5-10,19H2,1H3,(H,20,21,22). The smallest absolute Gasteiger partial charge is 0.163 e. The van der Waals surface area contributed by atoms with Gasteiger partial charge < -0.3 is 30.3 Å². The number of benzene rings is 1. The number of nitrogens with two attached hydrogens (primary N) is 1. The average molecular weight is 356 g/mol. The van der Waals surface area contributed by atoms with Crippen molar-refractivity contribution < 1.29 is 9.47 Å². The molecule has 138 valence electrons. The molecule has 2 aromatic rings. The summed E-state index contributed by atoms with van der Waals surface area (Å²) >= 11 is 0. The summed E-state index contributed by atoms with van der Waals surface area (Å²) in [6.45, 7) is 8.26. The predicted molar refractivity (Wildman–Crippen MR) is 101 cm³/mol. The highest BCUT2D eigenvalue weighted by Gasteiger charge is 2.21. The van der Waals surface area contributed by atoms with E-state index in [-0.39, 0.29) is 0 Å². The van der Waals surface area contributed by atoms with Crippen molar-refractivity contribution in [3.8, 4) is 11.5 Å². The lowest BCUT2D eigenvalue weighted by Gasteiger charge is -2.35. The Hall–Kier alpha value is -2.74. The number of nitrogens with zero attached hydrogens (tertiary/aromatic N) is 4. The molecule has 4 rings (SSSR count). The molecule has 0 bridgehead atoms. The summed E-state index contributed by atoms with van der Waals surface area (Å²) in [5.41, 5.74) is 7.78. The van der Waals surface area contributed by atoms with E-state index in [0.717, 1.165) is 55.7 Å². The van der Waals surface area contributed by atoms with E-state index in [2.05, 4.69) is 32.0 Å². The average Bonchev–Trinajstić information content (AvgIpc) is 2.70. The van der Waals surface area contributed by atoms with Gasteiger partial charge in [-0.2, -0.15) is 0 Å². The number of hydrogen-bond donors (Lipinski definition) is 2. The molecule has 0 atom stereocenters. The SMILES string of the molecule is CCN1CCN(c2ncnc(Nc3ccc4c(c3)OCCO4)c2N)CC1. The van der Waals surface area contributed by atoms with E-state index in [9.17, 15) is 0 Å². The highest BCUT2D eigenvalue weighted by molar-refractivity contribution is 5.78. The molecule has 0 unspecified atom stereocenters. The van der Waals surface area contributed by atoms with Gasteiger partial charge >= 0.3 is 0 Å². The highest BCUT2D eigenvalue weighted by atomic mass is 16.6. The normalized spacial score (nSPS) is 17.2. The van der Waals surface area contributed by atoms with Crippen molar-refractivity contribution in [2.24, 2.45) is 0 Å². The number of fused-ring (bicyclic) bond motifs is 1. The number of rotatable bonds is 4. The number of anilines is 4. The number of nitrogens with one attached hydrogen (secondary N) is 1. The lowest BCUT2D eigenvalue weighted by Crippen LogP contribution is -2.46. The summed E-state index contributed by atoms with van der Waals surface area (Å²) < 4.78 is 11.2. The van der Waals surface area contributed by atoms with Crippen molar-refractivity contribution >= 4 is 23.0 Å². The molecular weight excluding hydrogens is 332 g/mol. The fourth-order valence-electron chi connectivity index (χ4n) is 3.27. The molecule has 2 aliphatic heterocycles. The van der Waals surface area contributed by atoms with E-state index in [4.69, 9.17) is 15.2 Å². The molecule has 0 aliphatic carbocycles. The van der Waals surface area contributed by atoms with Gasteiger partial charge in [0, 0.05) is 37.9 Å². The summed E-state index contributed by atoms with van der Waals surface area (Å²) in [6, 6.07) is 5.71. The molecule has 26 heavy (non-hydrogen) atoms. The number of piperazine rings is 1. The van der Waals surface area contributed by atoms with Gasteiger partial charge in [-0.05, 0) is 18.7 Å². The van der Waals surface area contributed by atoms with Crippen molar-refractivity contribution in [3.63, 3.8) is 0 Å². The molecule has 2 aliphatic rings. The molecule has 1 fully saturated rings. The molecule has 0 spiro atoms. The molecule has 8 heteroatoms. The second-order valence-electron chi connectivity index (χ2n) is 6.36. The number of nitrogen functional groups attached to an aromatic ring is 1. The maximum Gasteiger partial charge on any atom is 0.163 e. The first-order chi connectivity index (χ1) is 12.7. The van der Waals surface area contributed by atoms with Gasteiger partial charge in [0.05, 0.1) is 0 Å². The molecule has 0 saturated carbocycles. The Balaban J connectivity index is 1.53. The van der Waals surface area contributed by atoms with Crippen LogP contribution in [0.1, 0.15) is 6.92 Å². The van der Waals surface area contributed by atoms with Gasteiger partial charge in [-0.1, -0.05) is 6.92 Å². The number of ether oxygens (including phenoxy) is 2. The Morgan fingerprint density at radius 2 is 1.85 bits per heavy atom. The van der Waals surface area contributed by atoms with Crippen molar-refractivity contribution in [2.75, 3.05) is 61.9 Å². The molecular formula is C18H24N6O2. The topological polar surface area (TPSA) is 88.8 Å². The largest absolute Gasteiger partial charge is 0.486 e. The minimum absolute atomic E-state index is 0.556. The van der Waals surface area contributed by atoms with E-state index in [1.807, 2.05) is 18.2 Å². The van der Waals surface area contributed by atoms with Gasteiger partial charge in [0.1, 0.15) is 25.2 Å². The molecule has 0 radical (unpaired) electrons. The first kappa shape index (κ1) is 16.7. The van der Waals surface area contributed by atoms with Crippen LogP contribution in [-0.2, 0) is 0 Å². The van der Waals surface area contributed by atoms with E-state index in [0.29, 0.717) is 24.7 Å². The van der Waals surface area contributed by atoms with Crippen molar-refractivity contribution in [2.45, 2.75) is 6.92 Å². The lowest BCUT2D eigenvalue weighted by atomic mass is 10.2. The van der Waals surface area contributed by atoms with Gasteiger partial charge in [0.15, 0.2) is 23.1 Å². The van der Waals surface area contributed by atoms with Gasteiger partial charge in [-0.25, -0.2) is 9.97 Å². The van der Waals surface area contributed by atoms with Gasteiger partial charge in [-0.15, -0.1) is 0 Å². The Morgan fingerprint density at radius 3 is 2.62 bits per heavy atom. The van der Waals surface area contributed by atoms with Gasteiger partial charge in [0.2, 0.25) is 0 Å². The minimum atomic E-state index is 0.556. The van der Waals surface area contributed by atoms with Crippen LogP contribution >= 0.6 is 0 Å². The zero-order chi connectivity index (χ0) is 17.9. The second kappa shape index (κ2) is 7.25. The van der Waals surface area contributed by atoms with Crippen LogP contribution in [0.4, 0.5) is 23.0 Å². The Labute approximate surface area is 152 Å². The van der Waals surface area contributed by atoms with Crippen LogP contribution in [0, 0.1) is 0 Å². The van der Waals surface area contributed by atoms with Crippen LogP contribution in [0.3, 0.4) is 0 Å². The van der Waals surface area contributed by atoms with E-state index in [1.165, 1.54) is 0 Å². The Morgan fingerprint density at radius 1 is 1.08 bits per heavy atom. The van der Waals surface area contributed by atoms with Crippen LogP contribution in [0.2, 0.25) is 0 Å². The summed E-state index contributed by atoms with van der Waals surface area (Å²) in [7, 11) is 0. The molecule has 3 heterocycles. The Bertz CT molecular complexity index is 776. The second-order valence-corrected chi connectivity index (χ2v) is 6.36. The van der Waals surface area contributed by atoms with E-state index >= 15 is 0 Å². The third-order valence-corrected chi connectivity index (χ3v) is 4.79. The van der Waals surface area contributed by atoms with Crippen LogP contribution in [0.25, 0.3) is 0 Å². The fraction of sp³-hybridized carbons (Fsp3) is 0.444. The van der Waals surface area contributed by atoms with E-state index < -0.39 is 0 Å². The van der Waals surface area contributed by atoms with E-state index in [1.54, 1.807) is 6.33 Å². The van der Waals surface area contributed by atoms with Crippen molar-refractivity contribution in [1.82, 2.24) is 14.9 Å². The third-order valence-electron chi connectivity index (χ3n) is 4.79. The van der Waals surface area contributed by atoms with Gasteiger partial charge in [0.25, 0.3) is 0 Å². The zero-order valence-corrected chi connectivity index (χ0v) is 14.9. The van der Waals surface area contributed by atoms with Crippen LogP contribution in [0.15, 0.2) is 24.5 Å². The first-order valence-corrected chi connectivity index (χ1v) is 8.99. The van der Waals surface area contributed by atoms with Crippen LogP contribution in [-0.4, -0.2) is 60.8 Å². The number of aromatic nitrogens is 2. The first-order valence-electron chi connectivity index (χ1n) is 8.99. The Kier molecular flexibility index (Phi) is 4.66. The molecule has 1 aromatic heterocycles. The molecule has 3 N–H and O–H groups in total.